The summed E-state index contributed by atoms with van der Waals surface area (Å²) in [5.74, 6) is -0.143. The molecule has 0 radical (unpaired) electrons. The predicted octanol–water partition coefficient (Wildman–Crippen LogP) is 3.25. The number of hydrogen-bond donors (Lipinski definition) is 0. The summed E-state index contributed by atoms with van der Waals surface area (Å²) in [4.78, 5) is 12.8. The molecule has 4 heteroatoms. The van der Waals surface area contributed by atoms with Crippen molar-refractivity contribution in [3.05, 3.63) is 64.2 Å². The zero-order valence-corrected chi connectivity index (χ0v) is 13.4. The molecule has 2 aromatic carbocycles. The Kier molecular flexibility index (Phi) is 4.01. The van der Waals surface area contributed by atoms with Gasteiger partial charge in [0.25, 0.3) is 0 Å². The van der Waals surface area contributed by atoms with E-state index in [0.717, 1.165) is 22.9 Å². The Labute approximate surface area is 125 Å². The van der Waals surface area contributed by atoms with E-state index in [1.807, 2.05) is 32.9 Å². The van der Waals surface area contributed by atoms with E-state index in [2.05, 4.69) is 0 Å². The van der Waals surface area contributed by atoms with Gasteiger partial charge in [0.1, 0.15) is 0 Å². The molecule has 0 heterocycles. The molecule has 0 N–H and O–H groups in total. The fourth-order valence-corrected chi connectivity index (χ4v) is 3.22. The summed E-state index contributed by atoms with van der Waals surface area (Å²) in [6, 6.07) is 10.1. The molecule has 0 spiro atoms. The van der Waals surface area contributed by atoms with Gasteiger partial charge >= 0.3 is 0 Å². The van der Waals surface area contributed by atoms with Crippen LogP contribution in [0.15, 0.2) is 41.3 Å². The van der Waals surface area contributed by atoms with Gasteiger partial charge in [0.2, 0.25) is 0 Å². The first kappa shape index (κ1) is 15.4. The van der Waals surface area contributed by atoms with E-state index in [1.165, 1.54) is 12.1 Å². The molecule has 0 aromatic heterocycles. The molecule has 0 aliphatic carbocycles. The highest BCUT2D eigenvalue weighted by Crippen LogP contribution is 2.21. The average molecular weight is 302 g/mol. The van der Waals surface area contributed by atoms with Crippen LogP contribution in [-0.2, 0) is 9.84 Å². The fraction of sp³-hybridized carbons (Fsp3) is 0.235. The van der Waals surface area contributed by atoms with Crippen LogP contribution in [0, 0.1) is 20.8 Å². The van der Waals surface area contributed by atoms with Gasteiger partial charge in [0, 0.05) is 17.4 Å². The first-order valence-electron chi connectivity index (χ1n) is 6.63. The van der Waals surface area contributed by atoms with Crippen LogP contribution in [0.5, 0.6) is 0 Å². The van der Waals surface area contributed by atoms with Crippen LogP contribution in [0.1, 0.15) is 32.6 Å². The van der Waals surface area contributed by atoms with E-state index in [9.17, 15) is 13.2 Å². The predicted molar refractivity (Wildman–Crippen MR) is 83.6 cm³/mol. The third-order valence-electron chi connectivity index (χ3n) is 3.43. The van der Waals surface area contributed by atoms with Crippen LogP contribution in [0.2, 0.25) is 0 Å². The summed E-state index contributed by atoms with van der Waals surface area (Å²) in [5, 5.41) is 0. The van der Waals surface area contributed by atoms with Crippen molar-refractivity contribution in [3.8, 4) is 0 Å². The Bertz CT molecular complexity index is 795. The van der Waals surface area contributed by atoms with E-state index in [4.69, 9.17) is 0 Å². The molecular formula is C17H18O3S. The van der Waals surface area contributed by atoms with E-state index in [-0.39, 0.29) is 10.7 Å². The molecule has 0 atom stereocenters. The largest absolute Gasteiger partial charge is 0.289 e. The maximum Gasteiger partial charge on any atom is 0.193 e. The fourth-order valence-electron chi connectivity index (χ4n) is 2.55. The monoisotopic (exact) mass is 302 g/mol. The molecule has 0 amide bonds. The van der Waals surface area contributed by atoms with Gasteiger partial charge in [0.15, 0.2) is 15.6 Å². The SMILES string of the molecule is Cc1cc(C)c(C(=O)c2cccc(S(C)(=O)=O)c2)c(C)c1. The van der Waals surface area contributed by atoms with Gasteiger partial charge in [-0.3, -0.25) is 4.79 Å². The lowest BCUT2D eigenvalue weighted by Crippen LogP contribution is -2.08. The molecule has 0 saturated heterocycles. The van der Waals surface area contributed by atoms with Crippen molar-refractivity contribution < 1.29 is 13.2 Å². The van der Waals surface area contributed by atoms with E-state index in [0.29, 0.717) is 11.1 Å². The number of aryl methyl sites for hydroxylation is 3. The second kappa shape index (κ2) is 5.45. The second-order valence-electron chi connectivity index (χ2n) is 5.40. The Hall–Kier alpha value is -1.94. The highest BCUT2D eigenvalue weighted by molar-refractivity contribution is 7.90. The third kappa shape index (κ3) is 3.22. The Morgan fingerprint density at radius 1 is 0.952 bits per heavy atom. The lowest BCUT2D eigenvalue weighted by atomic mass is 9.93. The van der Waals surface area contributed by atoms with Crippen LogP contribution in [0.4, 0.5) is 0 Å². The molecule has 21 heavy (non-hydrogen) atoms. The van der Waals surface area contributed by atoms with Gasteiger partial charge in [-0.05, 0) is 44.0 Å². The maximum atomic E-state index is 12.7. The van der Waals surface area contributed by atoms with Crippen LogP contribution < -0.4 is 0 Å². The van der Waals surface area contributed by atoms with Crippen molar-refractivity contribution in [2.45, 2.75) is 25.7 Å². The van der Waals surface area contributed by atoms with Crippen LogP contribution in [-0.4, -0.2) is 20.5 Å². The number of rotatable bonds is 3. The highest BCUT2D eigenvalue weighted by atomic mass is 32.2. The molecule has 2 rings (SSSR count). The molecule has 0 unspecified atom stereocenters. The first-order valence-corrected chi connectivity index (χ1v) is 8.52. The minimum atomic E-state index is -3.32. The minimum absolute atomic E-state index is 0.143. The molecule has 0 bridgehead atoms. The zero-order valence-electron chi connectivity index (χ0n) is 12.6. The normalized spacial score (nSPS) is 11.4. The van der Waals surface area contributed by atoms with Gasteiger partial charge in [-0.25, -0.2) is 8.42 Å². The minimum Gasteiger partial charge on any atom is -0.289 e. The molecule has 0 saturated carbocycles. The second-order valence-corrected chi connectivity index (χ2v) is 7.42. The number of carbonyl (C=O) groups is 1. The van der Waals surface area contributed by atoms with Crippen LogP contribution in [0.3, 0.4) is 0 Å². The molecule has 0 aliphatic rings. The summed E-state index contributed by atoms with van der Waals surface area (Å²) in [6.07, 6.45) is 1.14. The molecule has 3 nitrogen and oxygen atoms in total. The standard InChI is InChI=1S/C17H18O3S/c1-11-8-12(2)16(13(3)9-11)17(18)14-6-5-7-15(10-14)21(4,19)20/h5-10H,1-4H3. The van der Waals surface area contributed by atoms with Gasteiger partial charge in [-0.2, -0.15) is 0 Å². The van der Waals surface area contributed by atoms with Crippen LogP contribution >= 0.6 is 0 Å². The summed E-state index contributed by atoms with van der Waals surface area (Å²) in [7, 11) is -3.32. The van der Waals surface area contributed by atoms with Crippen molar-refractivity contribution in [1.82, 2.24) is 0 Å². The van der Waals surface area contributed by atoms with Gasteiger partial charge in [-0.15, -0.1) is 0 Å². The van der Waals surface area contributed by atoms with E-state index in [1.54, 1.807) is 12.1 Å². The lowest BCUT2D eigenvalue weighted by molar-refractivity contribution is 0.103. The molecule has 2 aromatic rings. The van der Waals surface area contributed by atoms with Gasteiger partial charge in [0.05, 0.1) is 4.90 Å². The smallest absolute Gasteiger partial charge is 0.193 e. The Morgan fingerprint density at radius 3 is 2.05 bits per heavy atom. The quantitative estimate of drug-likeness (QED) is 0.818. The Balaban J connectivity index is 2.56. The zero-order chi connectivity index (χ0) is 15.8. The molecule has 110 valence electrons. The topological polar surface area (TPSA) is 51.2 Å². The number of hydrogen-bond acceptors (Lipinski definition) is 3. The summed E-state index contributed by atoms with van der Waals surface area (Å²) in [5.41, 5.74) is 3.95. The molecule has 0 aliphatic heterocycles. The van der Waals surface area contributed by atoms with Crippen molar-refractivity contribution in [2.75, 3.05) is 6.26 Å². The van der Waals surface area contributed by atoms with E-state index >= 15 is 0 Å². The molecule has 0 fully saturated rings. The Morgan fingerprint density at radius 2 is 1.52 bits per heavy atom. The van der Waals surface area contributed by atoms with Crippen LogP contribution in [0.25, 0.3) is 0 Å². The number of carbonyl (C=O) groups excluding carboxylic acids is 1. The summed E-state index contributed by atoms with van der Waals surface area (Å²) < 4.78 is 23.2. The highest BCUT2D eigenvalue weighted by Gasteiger charge is 2.17. The van der Waals surface area contributed by atoms with Crippen molar-refractivity contribution >= 4 is 15.6 Å². The number of sulfone groups is 1. The maximum absolute atomic E-state index is 12.7. The van der Waals surface area contributed by atoms with E-state index < -0.39 is 9.84 Å². The molecular weight excluding hydrogens is 284 g/mol. The van der Waals surface area contributed by atoms with Gasteiger partial charge < -0.3 is 0 Å². The first-order chi connectivity index (χ1) is 9.70. The number of ketones is 1. The van der Waals surface area contributed by atoms with Gasteiger partial charge in [-0.1, -0.05) is 29.8 Å². The van der Waals surface area contributed by atoms with Crippen molar-refractivity contribution in [3.63, 3.8) is 0 Å². The summed E-state index contributed by atoms with van der Waals surface area (Å²) >= 11 is 0. The summed E-state index contributed by atoms with van der Waals surface area (Å²) in [6.45, 7) is 5.78. The van der Waals surface area contributed by atoms with Crippen molar-refractivity contribution in [1.29, 1.82) is 0 Å². The average Bonchev–Trinajstić information content (AvgIpc) is 2.36. The van der Waals surface area contributed by atoms with Crippen molar-refractivity contribution in [2.24, 2.45) is 0 Å². The number of benzene rings is 2. The lowest BCUT2D eigenvalue weighted by Gasteiger charge is -2.11. The third-order valence-corrected chi connectivity index (χ3v) is 4.54.